The zero-order valence-corrected chi connectivity index (χ0v) is 19.5. The minimum Gasteiger partial charge on any atom is -0.455 e. The Morgan fingerprint density at radius 1 is 0.912 bits per heavy atom. The summed E-state index contributed by atoms with van der Waals surface area (Å²) >= 11 is 0. The molecule has 176 valence electrons. The summed E-state index contributed by atoms with van der Waals surface area (Å²) in [6.45, 7) is 0.395. The van der Waals surface area contributed by atoms with E-state index in [1.165, 1.54) is 0 Å². The van der Waals surface area contributed by atoms with Gasteiger partial charge in [0, 0.05) is 24.2 Å². The van der Waals surface area contributed by atoms with E-state index in [0.29, 0.717) is 18.2 Å². The van der Waals surface area contributed by atoms with Gasteiger partial charge in [-0.05, 0) is 67.6 Å². The van der Waals surface area contributed by atoms with Gasteiger partial charge in [-0.3, -0.25) is 9.59 Å². The molecule has 0 saturated heterocycles. The first-order valence-corrected chi connectivity index (χ1v) is 13.1. The second-order valence-corrected chi connectivity index (χ2v) is 10.9. The van der Waals surface area contributed by atoms with Crippen LogP contribution >= 0.6 is 0 Å². The van der Waals surface area contributed by atoms with Gasteiger partial charge in [0.2, 0.25) is 0 Å². The molecule has 2 aliphatic carbocycles. The molecule has 1 aromatic heterocycles. The predicted octanol–water partition coefficient (Wildman–Crippen LogP) is 3.95. The van der Waals surface area contributed by atoms with Gasteiger partial charge in [-0.15, -0.1) is 0 Å². The highest BCUT2D eigenvalue weighted by atomic mass is 32.2. The number of amides is 2. The summed E-state index contributed by atoms with van der Waals surface area (Å²) in [6.07, 6.45) is 3.91. The molecule has 0 spiro atoms. The fourth-order valence-electron chi connectivity index (χ4n) is 3.82. The first kappa shape index (κ1) is 22.4. The standard InChI is InChI=1S/C26H26N2O5S/c29-25(27-20-10-11-20)19-8-6-18(7-9-19)16-28(21-12-13-21)26(30)24-15-14-22(33-24)17-34(31,32)23-4-2-1-3-5-23/h1-9,14-15,20-21H,10-13,16-17H2,(H,27,29). The van der Waals surface area contributed by atoms with Gasteiger partial charge in [-0.1, -0.05) is 30.3 Å². The number of nitrogens with one attached hydrogen (secondary N) is 1. The maximum absolute atomic E-state index is 13.2. The molecular formula is C26H26N2O5S. The molecule has 0 aliphatic heterocycles. The van der Waals surface area contributed by atoms with Crippen molar-refractivity contribution in [2.24, 2.45) is 0 Å². The lowest BCUT2D eigenvalue weighted by atomic mass is 10.1. The van der Waals surface area contributed by atoms with Crippen molar-refractivity contribution >= 4 is 21.7 Å². The molecule has 2 aliphatic rings. The number of furan rings is 1. The monoisotopic (exact) mass is 478 g/mol. The van der Waals surface area contributed by atoms with Gasteiger partial charge in [-0.2, -0.15) is 0 Å². The number of rotatable bonds is 9. The highest BCUT2D eigenvalue weighted by Crippen LogP contribution is 2.30. The summed E-state index contributed by atoms with van der Waals surface area (Å²) in [7, 11) is -3.56. The van der Waals surface area contributed by atoms with Crippen molar-refractivity contribution in [3.8, 4) is 0 Å². The van der Waals surface area contributed by atoms with Crippen molar-refractivity contribution in [2.45, 2.75) is 55.0 Å². The Morgan fingerprint density at radius 2 is 1.62 bits per heavy atom. The maximum Gasteiger partial charge on any atom is 0.290 e. The summed E-state index contributed by atoms with van der Waals surface area (Å²) in [4.78, 5) is 27.4. The van der Waals surface area contributed by atoms with E-state index in [2.05, 4.69) is 5.32 Å². The smallest absolute Gasteiger partial charge is 0.290 e. The van der Waals surface area contributed by atoms with Crippen molar-refractivity contribution in [1.29, 1.82) is 0 Å². The Labute approximate surface area is 198 Å². The minimum absolute atomic E-state index is 0.0715. The van der Waals surface area contributed by atoms with E-state index < -0.39 is 9.84 Å². The van der Waals surface area contributed by atoms with Crippen LogP contribution in [0.3, 0.4) is 0 Å². The number of sulfone groups is 1. The van der Waals surface area contributed by atoms with Gasteiger partial charge >= 0.3 is 0 Å². The fourth-order valence-corrected chi connectivity index (χ4v) is 5.09. The third-order valence-electron chi connectivity index (χ3n) is 6.04. The van der Waals surface area contributed by atoms with Crippen LogP contribution in [0.2, 0.25) is 0 Å². The molecule has 34 heavy (non-hydrogen) atoms. The Hall–Kier alpha value is -3.39. The lowest BCUT2D eigenvalue weighted by Crippen LogP contribution is -2.32. The zero-order valence-electron chi connectivity index (χ0n) is 18.6. The summed E-state index contributed by atoms with van der Waals surface area (Å²) < 4.78 is 30.9. The SMILES string of the molecule is O=C(NC1CC1)c1ccc(CN(C(=O)c2ccc(CS(=O)(=O)c3ccccc3)o2)C2CC2)cc1. The number of hydrogen-bond acceptors (Lipinski definition) is 5. The molecule has 0 bridgehead atoms. The van der Waals surface area contributed by atoms with E-state index in [0.717, 1.165) is 31.2 Å². The number of carbonyl (C=O) groups excluding carboxylic acids is 2. The topological polar surface area (TPSA) is 96.7 Å². The van der Waals surface area contributed by atoms with Crippen LogP contribution in [0.4, 0.5) is 0 Å². The second-order valence-electron chi connectivity index (χ2n) is 8.95. The van der Waals surface area contributed by atoms with Crippen molar-refractivity contribution < 1.29 is 22.4 Å². The first-order chi connectivity index (χ1) is 16.4. The van der Waals surface area contributed by atoms with Crippen LogP contribution in [0, 0.1) is 0 Å². The molecule has 2 fully saturated rings. The van der Waals surface area contributed by atoms with Gasteiger partial charge in [0.1, 0.15) is 11.5 Å². The van der Waals surface area contributed by atoms with E-state index in [9.17, 15) is 18.0 Å². The van der Waals surface area contributed by atoms with Crippen LogP contribution in [0.15, 0.2) is 76.0 Å². The summed E-state index contributed by atoms with van der Waals surface area (Å²) in [5, 5.41) is 2.97. The summed E-state index contributed by atoms with van der Waals surface area (Å²) in [6, 6.07) is 19.0. The Morgan fingerprint density at radius 3 is 2.26 bits per heavy atom. The van der Waals surface area contributed by atoms with E-state index in [1.54, 1.807) is 59.5 Å². The second kappa shape index (κ2) is 9.10. The molecule has 7 nitrogen and oxygen atoms in total. The lowest BCUT2D eigenvalue weighted by molar-refractivity contribution is 0.0695. The van der Waals surface area contributed by atoms with Gasteiger partial charge < -0.3 is 14.6 Å². The normalized spacial score (nSPS) is 15.6. The third-order valence-corrected chi connectivity index (χ3v) is 7.69. The molecule has 0 unspecified atom stereocenters. The number of nitrogens with zero attached hydrogens (tertiary/aromatic N) is 1. The van der Waals surface area contributed by atoms with Crippen LogP contribution in [-0.2, 0) is 22.1 Å². The maximum atomic E-state index is 13.2. The Bertz CT molecular complexity index is 1290. The molecule has 8 heteroatoms. The van der Waals surface area contributed by atoms with E-state index >= 15 is 0 Å². The Kier molecular flexibility index (Phi) is 6.00. The molecule has 0 radical (unpaired) electrons. The van der Waals surface area contributed by atoms with Crippen LogP contribution in [0.1, 0.15) is 57.9 Å². The van der Waals surface area contributed by atoms with Gasteiger partial charge in [-0.25, -0.2) is 8.42 Å². The van der Waals surface area contributed by atoms with E-state index in [4.69, 9.17) is 4.42 Å². The largest absolute Gasteiger partial charge is 0.455 e. The molecule has 1 N–H and O–H groups in total. The molecule has 2 amide bonds. The highest BCUT2D eigenvalue weighted by Gasteiger charge is 2.34. The van der Waals surface area contributed by atoms with E-state index in [1.807, 2.05) is 12.1 Å². The first-order valence-electron chi connectivity index (χ1n) is 11.5. The van der Waals surface area contributed by atoms with Crippen LogP contribution in [0.5, 0.6) is 0 Å². The number of carbonyl (C=O) groups is 2. The average molecular weight is 479 g/mol. The third kappa shape index (κ3) is 5.22. The summed E-state index contributed by atoms with van der Waals surface area (Å²) in [5.41, 5.74) is 1.52. The van der Waals surface area contributed by atoms with Crippen molar-refractivity contribution in [3.05, 3.63) is 89.4 Å². The minimum atomic E-state index is -3.56. The predicted molar refractivity (Wildman–Crippen MR) is 126 cm³/mol. The molecule has 3 aromatic rings. The van der Waals surface area contributed by atoms with Gasteiger partial charge in [0.25, 0.3) is 11.8 Å². The molecule has 2 aromatic carbocycles. The van der Waals surface area contributed by atoms with Crippen molar-refractivity contribution in [1.82, 2.24) is 10.2 Å². The molecule has 0 atom stereocenters. The number of hydrogen-bond donors (Lipinski definition) is 1. The van der Waals surface area contributed by atoms with Crippen molar-refractivity contribution in [2.75, 3.05) is 0 Å². The quantitative estimate of drug-likeness (QED) is 0.502. The highest BCUT2D eigenvalue weighted by molar-refractivity contribution is 7.90. The van der Waals surface area contributed by atoms with Crippen LogP contribution < -0.4 is 5.32 Å². The fraction of sp³-hybridized carbons (Fsp3) is 0.308. The Balaban J connectivity index is 1.26. The molecule has 5 rings (SSSR count). The van der Waals surface area contributed by atoms with Crippen molar-refractivity contribution in [3.63, 3.8) is 0 Å². The molecule has 2 saturated carbocycles. The van der Waals surface area contributed by atoms with Crippen LogP contribution in [0.25, 0.3) is 0 Å². The molecular weight excluding hydrogens is 452 g/mol. The van der Waals surface area contributed by atoms with Gasteiger partial charge in [0.05, 0.1) is 4.90 Å². The zero-order chi connectivity index (χ0) is 23.7. The average Bonchev–Trinajstić information content (AvgIpc) is 3.78. The van der Waals surface area contributed by atoms with Gasteiger partial charge in [0.15, 0.2) is 15.6 Å². The lowest BCUT2D eigenvalue weighted by Gasteiger charge is -2.21. The summed E-state index contributed by atoms with van der Waals surface area (Å²) in [5.74, 6) is -0.281. The van der Waals surface area contributed by atoms with E-state index in [-0.39, 0.29) is 40.0 Å². The van der Waals surface area contributed by atoms with Crippen LogP contribution in [-0.4, -0.2) is 37.2 Å². The molecule has 1 heterocycles. The number of benzene rings is 2.